The van der Waals surface area contributed by atoms with Gasteiger partial charge < -0.3 is 29.7 Å². The van der Waals surface area contributed by atoms with E-state index in [9.17, 15) is 4.79 Å². The highest BCUT2D eigenvalue weighted by molar-refractivity contribution is 5.88. The van der Waals surface area contributed by atoms with Crippen LogP contribution in [-0.2, 0) is 14.3 Å². The molecule has 1 aromatic carbocycles. The maximum absolute atomic E-state index is 11.2. The van der Waals surface area contributed by atoms with Crippen LogP contribution in [0.1, 0.15) is 19.8 Å². The third kappa shape index (κ3) is 5.84. The first-order chi connectivity index (χ1) is 13.7. The maximum Gasteiger partial charge on any atom is 0.221 e. The summed E-state index contributed by atoms with van der Waals surface area (Å²) in [5, 5.41) is 6.10. The molecule has 2 atom stereocenters. The van der Waals surface area contributed by atoms with Crippen LogP contribution in [0.3, 0.4) is 0 Å². The predicted octanol–water partition coefficient (Wildman–Crippen LogP) is 1.48. The fourth-order valence-corrected chi connectivity index (χ4v) is 3.52. The molecule has 2 N–H and O–H groups in total. The number of morpholine rings is 1. The van der Waals surface area contributed by atoms with Gasteiger partial charge in [-0.1, -0.05) is 6.07 Å². The van der Waals surface area contributed by atoms with Gasteiger partial charge in [-0.2, -0.15) is 0 Å². The maximum atomic E-state index is 11.2. The van der Waals surface area contributed by atoms with Gasteiger partial charge in [0.05, 0.1) is 19.3 Å². The molecule has 8 nitrogen and oxygen atoms in total. The van der Waals surface area contributed by atoms with Crippen molar-refractivity contribution < 1.29 is 19.0 Å². The Morgan fingerprint density at radius 2 is 2.18 bits per heavy atom. The quantitative estimate of drug-likeness (QED) is 0.435. The zero-order chi connectivity index (χ0) is 19.8. The molecule has 28 heavy (non-hydrogen) atoms. The third-order valence-corrected chi connectivity index (χ3v) is 4.79. The molecule has 8 heteroatoms. The van der Waals surface area contributed by atoms with Gasteiger partial charge in [0, 0.05) is 45.4 Å². The van der Waals surface area contributed by atoms with Crippen molar-refractivity contribution in [2.45, 2.75) is 32.0 Å². The molecule has 0 radical (unpaired) electrons. The molecule has 154 valence electrons. The number of hydrogen-bond acceptors (Lipinski definition) is 5. The summed E-state index contributed by atoms with van der Waals surface area (Å²) < 4.78 is 17.5. The summed E-state index contributed by atoms with van der Waals surface area (Å²) in [4.78, 5) is 17.8. The number of carbonyl (C=O) groups is 1. The van der Waals surface area contributed by atoms with Gasteiger partial charge in [0.2, 0.25) is 5.91 Å². The van der Waals surface area contributed by atoms with Crippen molar-refractivity contribution in [1.82, 2.24) is 10.2 Å². The minimum Gasteiger partial charge on any atom is -0.492 e. The molecule has 0 saturated carbocycles. The smallest absolute Gasteiger partial charge is 0.221 e. The second kappa shape index (κ2) is 10.3. The van der Waals surface area contributed by atoms with E-state index in [1.54, 1.807) is 7.05 Å². The number of nitrogens with one attached hydrogen (secondary N) is 2. The van der Waals surface area contributed by atoms with Crippen molar-refractivity contribution >= 4 is 17.6 Å². The van der Waals surface area contributed by atoms with E-state index in [1.807, 2.05) is 24.3 Å². The van der Waals surface area contributed by atoms with Crippen molar-refractivity contribution in [3.63, 3.8) is 0 Å². The summed E-state index contributed by atoms with van der Waals surface area (Å²) in [5.41, 5.74) is 0.724. The predicted molar refractivity (Wildman–Crippen MR) is 108 cm³/mol. The standard InChI is InChI=1S/C20H30N4O4/c1-15(25)23-16-5-3-6-17(13-16)26-11-8-22-20(21-2)24-9-12-28-19(14-24)18-7-4-10-27-18/h3,5-6,13,18-19H,4,7-12,14H2,1-2H3,(H,21,22)(H,23,25). The Hall–Kier alpha value is -2.32. The van der Waals surface area contributed by atoms with Gasteiger partial charge in [-0.3, -0.25) is 9.79 Å². The fraction of sp³-hybridized carbons (Fsp3) is 0.600. The van der Waals surface area contributed by atoms with Crippen molar-refractivity contribution in [3.8, 4) is 5.75 Å². The molecule has 0 aliphatic carbocycles. The number of hydrogen-bond donors (Lipinski definition) is 2. The lowest BCUT2D eigenvalue weighted by Gasteiger charge is -2.37. The Morgan fingerprint density at radius 1 is 1.32 bits per heavy atom. The number of amides is 1. The van der Waals surface area contributed by atoms with Gasteiger partial charge in [-0.25, -0.2) is 0 Å². The van der Waals surface area contributed by atoms with E-state index >= 15 is 0 Å². The Morgan fingerprint density at radius 3 is 2.93 bits per heavy atom. The van der Waals surface area contributed by atoms with Crippen molar-refractivity contribution in [2.24, 2.45) is 4.99 Å². The highest BCUT2D eigenvalue weighted by atomic mass is 16.5. The van der Waals surface area contributed by atoms with Crippen LogP contribution in [0, 0.1) is 0 Å². The van der Waals surface area contributed by atoms with Crippen LogP contribution in [0.5, 0.6) is 5.75 Å². The zero-order valence-corrected chi connectivity index (χ0v) is 16.6. The lowest BCUT2D eigenvalue weighted by atomic mass is 10.1. The molecule has 2 heterocycles. The molecule has 0 spiro atoms. The summed E-state index contributed by atoms with van der Waals surface area (Å²) in [6.07, 6.45) is 2.47. The normalized spacial score (nSPS) is 22.8. The van der Waals surface area contributed by atoms with Crippen LogP contribution in [0.25, 0.3) is 0 Å². The second-order valence-corrected chi connectivity index (χ2v) is 6.94. The third-order valence-electron chi connectivity index (χ3n) is 4.79. The number of ether oxygens (including phenoxy) is 3. The number of nitrogens with zero attached hydrogens (tertiary/aromatic N) is 2. The highest BCUT2D eigenvalue weighted by Crippen LogP contribution is 2.21. The van der Waals surface area contributed by atoms with Gasteiger partial charge in [-0.05, 0) is 25.0 Å². The Balaban J connectivity index is 1.43. The van der Waals surface area contributed by atoms with Crippen LogP contribution in [0.2, 0.25) is 0 Å². The average Bonchev–Trinajstić information content (AvgIpc) is 3.23. The Labute approximate surface area is 166 Å². The molecule has 1 aromatic rings. The summed E-state index contributed by atoms with van der Waals surface area (Å²) in [6, 6.07) is 7.36. The number of anilines is 1. The second-order valence-electron chi connectivity index (χ2n) is 6.94. The molecular weight excluding hydrogens is 360 g/mol. The van der Waals surface area contributed by atoms with E-state index in [4.69, 9.17) is 14.2 Å². The van der Waals surface area contributed by atoms with Crippen molar-refractivity contribution in [3.05, 3.63) is 24.3 Å². The number of guanidine groups is 1. The van der Waals surface area contributed by atoms with Crippen molar-refractivity contribution in [1.29, 1.82) is 0 Å². The topological polar surface area (TPSA) is 84.4 Å². The molecule has 3 rings (SSSR count). The van der Waals surface area contributed by atoms with E-state index in [1.165, 1.54) is 6.92 Å². The minimum absolute atomic E-state index is 0.0996. The first-order valence-electron chi connectivity index (χ1n) is 9.85. The molecule has 2 saturated heterocycles. The number of carbonyl (C=O) groups excluding carboxylic acids is 1. The van der Waals surface area contributed by atoms with Gasteiger partial charge in [0.15, 0.2) is 5.96 Å². The van der Waals surface area contributed by atoms with E-state index in [0.29, 0.717) is 25.5 Å². The molecule has 2 fully saturated rings. The van der Waals surface area contributed by atoms with Crippen LogP contribution < -0.4 is 15.4 Å². The zero-order valence-electron chi connectivity index (χ0n) is 16.6. The molecule has 2 aliphatic rings. The Kier molecular flexibility index (Phi) is 7.50. The number of benzene rings is 1. The van der Waals surface area contributed by atoms with E-state index in [2.05, 4.69) is 20.5 Å². The number of aliphatic imine (C=N–C) groups is 1. The van der Waals surface area contributed by atoms with Gasteiger partial charge in [-0.15, -0.1) is 0 Å². The van der Waals surface area contributed by atoms with Gasteiger partial charge >= 0.3 is 0 Å². The molecular formula is C20H30N4O4. The van der Waals surface area contributed by atoms with Gasteiger partial charge in [0.25, 0.3) is 0 Å². The van der Waals surface area contributed by atoms with Crippen LogP contribution in [0.15, 0.2) is 29.3 Å². The fourth-order valence-electron chi connectivity index (χ4n) is 3.52. The van der Waals surface area contributed by atoms with Crippen LogP contribution >= 0.6 is 0 Å². The SMILES string of the molecule is CN=C(NCCOc1cccc(NC(C)=O)c1)N1CCOC(C2CCCO2)C1. The van der Waals surface area contributed by atoms with E-state index in [0.717, 1.165) is 44.2 Å². The summed E-state index contributed by atoms with van der Waals surface area (Å²) in [6.45, 7) is 5.70. The van der Waals surface area contributed by atoms with E-state index in [-0.39, 0.29) is 18.1 Å². The average molecular weight is 390 g/mol. The molecule has 0 bridgehead atoms. The molecule has 1 amide bonds. The van der Waals surface area contributed by atoms with Gasteiger partial charge in [0.1, 0.15) is 18.5 Å². The molecule has 2 unspecified atom stereocenters. The summed E-state index contributed by atoms with van der Waals surface area (Å²) in [5.74, 6) is 1.46. The highest BCUT2D eigenvalue weighted by Gasteiger charge is 2.32. The van der Waals surface area contributed by atoms with E-state index < -0.39 is 0 Å². The monoisotopic (exact) mass is 390 g/mol. The summed E-state index contributed by atoms with van der Waals surface area (Å²) >= 11 is 0. The first-order valence-corrected chi connectivity index (χ1v) is 9.85. The lowest BCUT2D eigenvalue weighted by molar-refractivity contribution is -0.114. The Bertz CT molecular complexity index is 676. The lowest BCUT2D eigenvalue weighted by Crippen LogP contribution is -2.53. The largest absolute Gasteiger partial charge is 0.492 e. The number of rotatable bonds is 6. The molecule has 2 aliphatic heterocycles. The first kappa shape index (κ1) is 20.4. The van der Waals surface area contributed by atoms with Crippen LogP contribution in [-0.4, -0.2) is 75.5 Å². The van der Waals surface area contributed by atoms with Crippen molar-refractivity contribution in [2.75, 3.05) is 51.8 Å². The summed E-state index contributed by atoms with van der Waals surface area (Å²) in [7, 11) is 1.79. The minimum atomic E-state index is -0.102. The van der Waals surface area contributed by atoms with Crippen LogP contribution in [0.4, 0.5) is 5.69 Å². The molecule has 0 aromatic heterocycles.